The molecule has 1 N–H and O–H groups in total. The Hall–Kier alpha value is -2.60. The van der Waals surface area contributed by atoms with Crippen LogP contribution in [0.3, 0.4) is 0 Å². The molecule has 1 saturated heterocycles. The third kappa shape index (κ3) is 4.32. The van der Waals surface area contributed by atoms with E-state index in [1.165, 1.54) is 6.92 Å². The number of anilines is 1. The average Bonchev–Trinajstić information content (AvgIpc) is 2.66. The Morgan fingerprint density at radius 3 is 2.42 bits per heavy atom. The highest BCUT2D eigenvalue weighted by Crippen LogP contribution is 2.20. The first kappa shape index (κ1) is 18.2. The van der Waals surface area contributed by atoms with Crippen LogP contribution in [0.2, 0.25) is 5.02 Å². The quantitative estimate of drug-likeness (QED) is 0.894. The van der Waals surface area contributed by atoms with Crippen molar-refractivity contribution in [2.24, 2.45) is 0 Å². The summed E-state index contributed by atoms with van der Waals surface area (Å²) in [5.41, 5.74) is 0.784. The molecule has 0 radical (unpaired) electrons. The van der Waals surface area contributed by atoms with Crippen LogP contribution >= 0.6 is 11.6 Å². The van der Waals surface area contributed by atoms with E-state index < -0.39 is 6.04 Å². The fourth-order valence-electron chi connectivity index (χ4n) is 3.04. The number of halogens is 1. The molecule has 136 valence electrons. The number of amides is 2. The van der Waals surface area contributed by atoms with Crippen LogP contribution in [0.1, 0.15) is 18.5 Å². The van der Waals surface area contributed by atoms with Crippen LogP contribution in [0.25, 0.3) is 0 Å². The van der Waals surface area contributed by atoms with Crippen molar-refractivity contribution in [3.8, 4) is 0 Å². The Kier molecular flexibility index (Phi) is 5.73. The van der Waals surface area contributed by atoms with Crippen molar-refractivity contribution >= 4 is 29.2 Å². The molecule has 1 aliphatic heterocycles. The van der Waals surface area contributed by atoms with Gasteiger partial charge in [-0.2, -0.15) is 0 Å². The van der Waals surface area contributed by atoms with E-state index in [4.69, 9.17) is 11.6 Å². The van der Waals surface area contributed by atoms with E-state index in [0.29, 0.717) is 31.2 Å². The number of pyridine rings is 1. The summed E-state index contributed by atoms with van der Waals surface area (Å²) in [4.78, 5) is 32.8. The minimum atomic E-state index is -0.662. The smallest absolute Gasteiger partial charge is 0.249 e. The molecule has 2 aromatic rings. The maximum Gasteiger partial charge on any atom is 0.249 e. The molecule has 1 aromatic carbocycles. The van der Waals surface area contributed by atoms with Crippen molar-refractivity contribution in [2.75, 3.05) is 31.1 Å². The van der Waals surface area contributed by atoms with Crippen molar-refractivity contribution in [1.82, 2.24) is 15.2 Å². The Labute approximate surface area is 157 Å². The summed E-state index contributed by atoms with van der Waals surface area (Å²) in [6, 6.07) is 12.2. The summed E-state index contributed by atoms with van der Waals surface area (Å²) in [7, 11) is 0. The first-order valence-corrected chi connectivity index (χ1v) is 8.90. The minimum Gasteiger partial charge on any atom is -0.353 e. The highest BCUT2D eigenvalue weighted by Gasteiger charge is 2.29. The molecule has 1 atom stereocenters. The lowest BCUT2D eigenvalue weighted by atomic mass is 10.0. The standard InChI is InChI=1S/C19H21ClN4O2/c1-14(25)22-18(15-5-3-2-4-6-15)19(26)24-11-9-23(10-12-24)17-13-16(20)7-8-21-17/h2-8,13,18H,9-12H2,1H3,(H,22,25). The van der Waals surface area contributed by atoms with Crippen LogP contribution in [0.5, 0.6) is 0 Å². The van der Waals surface area contributed by atoms with Crippen LogP contribution in [-0.2, 0) is 9.59 Å². The molecular weight excluding hydrogens is 352 g/mol. The average molecular weight is 373 g/mol. The summed E-state index contributed by atoms with van der Waals surface area (Å²) >= 11 is 6.03. The molecule has 1 fully saturated rings. The van der Waals surface area contributed by atoms with Gasteiger partial charge in [0, 0.05) is 44.3 Å². The summed E-state index contributed by atoms with van der Waals surface area (Å²) in [5, 5.41) is 3.41. The van der Waals surface area contributed by atoms with Crippen LogP contribution in [0.4, 0.5) is 5.82 Å². The predicted molar refractivity (Wildman–Crippen MR) is 101 cm³/mol. The number of nitrogens with zero attached hydrogens (tertiary/aromatic N) is 3. The number of hydrogen-bond acceptors (Lipinski definition) is 4. The van der Waals surface area contributed by atoms with Crippen LogP contribution < -0.4 is 10.2 Å². The zero-order valence-corrected chi connectivity index (χ0v) is 15.3. The Morgan fingerprint density at radius 2 is 1.81 bits per heavy atom. The molecule has 0 aliphatic carbocycles. The Morgan fingerprint density at radius 1 is 1.12 bits per heavy atom. The van der Waals surface area contributed by atoms with Gasteiger partial charge in [-0.1, -0.05) is 41.9 Å². The van der Waals surface area contributed by atoms with Gasteiger partial charge in [0.2, 0.25) is 11.8 Å². The third-order valence-electron chi connectivity index (χ3n) is 4.35. The second-order valence-electron chi connectivity index (χ2n) is 6.19. The second kappa shape index (κ2) is 8.19. The van der Waals surface area contributed by atoms with E-state index in [2.05, 4.69) is 15.2 Å². The highest BCUT2D eigenvalue weighted by molar-refractivity contribution is 6.30. The van der Waals surface area contributed by atoms with Gasteiger partial charge in [0.1, 0.15) is 11.9 Å². The SMILES string of the molecule is CC(=O)NC(C(=O)N1CCN(c2cc(Cl)ccn2)CC1)c1ccccc1. The number of hydrogen-bond donors (Lipinski definition) is 1. The van der Waals surface area contributed by atoms with E-state index in [0.717, 1.165) is 11.4 Å². The minimum absolute atomic E-state index is 0.0925. The first-order valence-electron chi connectivity index (χ1n) is 8.52. The van der Waals surface area contributed by atoms with Gasteiger partial charge in [0.25, 0.3) is 0 Å². The molecule has 1 aliphatic rings. The Balaban J connectivity index is 1.68. The maximum absolute atomic E-state index is 13.0. The van der Waals surface area contributed by atoms with Gasteiger partial charge >= 0.3 is 0 Å². The van der Waals surface area contributed by atoms with Crippen molar-refractivity contribution in [2.45, 2.75) is 13.0 Å². The van der Waals surface area contributed by atoms with Gasteiger partial charge in [-0.15, -0.1) is 0 Å². The number of carbonyl (C=O) groups excluding carboxylic acids is 2. The number of rotatable bonds is 4. The van der Waals surface area contributed by atoms with E-state index in [1.807, 2.05) is 36.4 Å². The maximum atomic E-state index is 13.0. The lowest BCUT2D eigenvalue weighted by molar-refractivity contribution is -0.136. The van der Waals surface area contributed by atoms with Gasteiger partial charge < -0.3 is 15.1 Å². The predicted octanol–water partition coefficient (Wildman–Crippen LogP) is 2.26. The topological polar surface area (TPSA) is 65.5 Å². The van der Waals surface area contributed by atoms with Crippen molar-refractivity contribution in [3.05, 3.63) is 59.2 Å². The molecule has 1 unspecified atom stereocenters. The van der Waals surface area contributed by atoms with Crippen molar-refractivity contribution < 1.29 is 9.59 Å². The molecule has 7 heteroatoms. The number of aromatic nitrogens is 1. The van der Waals surface area contributed by atoms with Crippen LogP contribution in [-0.4, -0.2) is 47.9 Å². The first-order chi connectivity index (χ1) is 12.5. The largest absolute Gasteiger partial charge is 0.353 e. The lowest BCUT2D eigenvalue weighted by Gasteiger charge is -2.37. The van der Waals surface area contributed by atoms with Gasteiger partial charge in [0.15, 0.2) is 0 Å². The molecule has 26 heavy (non-hydrogen) atoms. The number of nitrogens with one attached hydrogen (secondary N) is 1. The van der Waals surface area contributed by atoms with Crippen LogP contribution in [0, 0.1) is 0 Å². The number of benzene rings is 1. The summed E-state index contributed by atoms with van der Waals surface area (Å²) in [6.07, 6.45) is 1.68. The molecule has 3 rings (SSSR count). The van der Waals surface area contributed by atoms with Gasteiger partial charge in [-0.05, 0) is 17.7 Å². The molecule has 0 spiro atoms. The molecule has 0 saturated carbocycles. The number of carbonyl (C=O) groups is 2. The summed E-state index contributed by atoms with van der Waals surface area (Å²) < 4.78 is 0. The van der Waals surface area contributed by atoms with Gasteiger partial charge in [0.05, 0.1) is 0 Å². The van der Waals surface area contributed by atoms with E-state index in [-0.39, 0.29) is 11.8 Å². The van der Waals surface area contributed by atoms with Gasteiger partial charge in [-0.3, -0.25) is 9.59 Å². The normalized spacial score (nSPS) is 15.5. The van der Waals surface area contributed by atoms with E-state index in [1.54, 1.807) is 17.2 Å². The van der Waals surface area contributed by atoms with E-state index >= 15 is 0 Å². The summed E-state index contributed by atoms with van der Waals surface area (Å²) in [5.74, 6) is 0.491. The third-order valence-corrected chi connectivity index (χ3v) is 4.59. The molecule has 0 bridgehead atoms. The summed E-state index contributed by atoms with van der Waals surface area (Å²) in [6.45, 7) is 3.89. The fourth-order valence-corrected chi connectivity index (χ4v) is 3.20. The molecule has 2 heterocycles. The van der Waals surface area contributed by atoms with Crippen LogP contribution in [0.15, 0.2) is 48.7 Å². The molecule has 6 nitrogen and oxygen atoms in total. The van der Waals surface area contributed by atoms with Crippen molar-refractivity contribution in [1.29, 1.82) is 0 Å². The second-order valence-corrected chi connectivity index (χ2v) is 6.63. The zero-order valence-electron chi connectivity index (χ0n) is 14.6. The Bertz CT molecular complexity index is 776. The molecule has 2 amide bonds. The molecule has 1 aromatic heterocycles. The zero-order chi connectivity index (χ0) is 18.5. The van der Waals surface area contributed by atoms with Gasteiger partial charge in [-0.25, -0.2) is 4.98 Å². The van der Waals surface area contributed by atoms with Crippen molar-refractivity contribution in [3.63, 3.8) is 0 Å². The van der Waals surface area contributed by atoms with E-state index in [9.17, 15) is 9.59 Å². The number of piperazine rings is 1. The highest BCUT2D eigenvalue weighted by atomic mass is 35.5. The monoisotopic (exact) mass is 372 g/mol. The fraction of sp³-hybridized carbons (Fsp3) is 0.316. The molecular formula is C19H21ClN4O2. The lowest BCUT2D eigenvalue weighted by Crippen LogP contribution is -2.52.